The van der Waals surface area contributed by atoms with Gasteiger partial charge in [-0.2, -0.15) is 0 Å². The molecule has 0 aromatic heterocycles. The van der Waals surface area contributed by atoms with Crippen LogP contribution in [0.2, 0.25) is 0 Å². The first-order chi connectivity index (χ1) is 7.06. The van der Waals surface area contributed by atoms with E-state index in [-0.39, 0.29) is 0 Å². The molecule has 0 atom stereocenters. The number of benzene rings is 1. The molecule has 15 heavy (non-hydrogen) atoms. The summed E-state index contributed by atoms with van der Waals surface area (Å²) in [6.45, 7) is 6.63. The first-order valence-electron chi connectivity index (χ1n) is 5.88. The van der Waals surface area contributed by atoms with Gasteiger partial charge in [-0.05, 0) is 62.6 Å². The minimum atomic E-state index is 0.473. The summed E-state index contributed by atoms with van der Waals surface area (Å²) in [5.74, 6) is 0.833. The van der Waals surface area contributed by atoms with Gasteiger partial charge in [0.15, 0.2) is 0 Å². The lowest BCUT2D eigenvalue weighted by Gasteiger charge is -2.33. The molecule has 2 rings (SSSR count). The number of rotatable bonds is 2. The average molecular weight is 203 g/mol. The van der Waals surface area contributed by atoms with Gasteiger partial charge in [0.1, 0.15) is 0 Å². The Morgan fingerprint density at radius 3 is 2.13 bits per heavy atom. The molecule has 0 bridgehead atoms. The summed E-state index contributed by atoms with van der Waals surface area (Å²) in [6.07, 6.45) is 3.66. The summed E-state index contributed by atoms with van der Waals surface area (Å²) < 4.78 is 0. The van der Waals surface area contributed by atoms with Gasteiger partial charge in [0.25, 0.3) is 0 Å². The maximum Gasteiger partial charge on any atom is 0.00443 e. The van der Waals surface area contributed by atoms with Crippen molar-refractivity contribution in [3.05, 3.63) is 34.4 Å². The summed E-state index contributed by atoms with van der Waals surface area (Å²) in [5, 5.41) is 0. The molecule has 1 aliphatic carbocycles. The molecule has 0 radical (unpaired) electrons. The zero-order chi connectivity index (χ0) is 11.0. The maximum atomic E-state index is 5.82. The van der Waals surface area contributed by atoms with E-state index in [0.717, 1.165) is 5.92 Å². The van der Waals surface area contributed by atoms with E-state index in [4.69, 9.17) is 5.73 Å². The highest BCUT2D eigenvalue weighted by molar-refractivity contribution is 5.37. The Morgan fingerprint density at radius 2 is 1.67 bits per heavy atom. The van der Waals surface area contributed by atoms with Crippen LogP contribution >= 0.6 is 0 Å². The van der Waals surface area contributed by atoms with Crippen molar-refractivity contribution < 1.29 is 0 Å². The van der Waals surface area contributed by atoms with Gasteiger partial charge in [-0.3, -0.25) is 0 Å². The van der Waals surface area contributed by atoms with Gasteiger partial charge in [0, 0.05) is 6.04 Å². The topological polar surface area (TPSA) is 26.0 Å². The van der Waals surface area contributed by atoms with Crippen LogP contribution in [-0.2, 0) is 6.42 Å². The van der Waals surface area contributed by atoms with E-state index < -0.39 is 0 Å². The van der Waals surface area contributed by atoms with Crippen LogP contribution < -0.4 is 5.73 Å². The zero-order valence-electron chi connectivity index (χ0n) is 10.0. The Hall–Kier alpha value is -0.820. The molecule has 82 valence electrons. The summed E-state index contributed by atoms with van der Waals surface area (Å²) in [7, 11) is 0. The van der Waals surface area contributed by atoms with Crippen LogP contribution in [0.25, 0.3) is 0 Å². The smallest absolute Gasteiger partial charge is 0.00443 e. The second kappa shape index (κ2) is 3.97. The predicted molar refractivity (Wildman–Crippen MR) is 65.1 cm³/mol. The van der Waals surface area contributed by atoms with Crippen LogP contribution in [0.4, 0.5) is 0 Å². The summed E-state index contributed by atoms with van der Waals surface area (Å²) in [4.78, 5) is 0. The fourth-order valence-corrected chi connectivity index (χ4v) is 2.77. The second-order valence-corrected chi connectivity index (χ2v) is 5.18. The monoisotopic (exact) mass is 203 g/mol. The first-order valence-corrected chi connectivity index (χ1v) is 5.88. The van der Waals surface area contributed by atoms with E-state index in [0.29, 0.717) is 6.04 Å². The number of nitrogens with two attached hydrogens (primary N) is 1. The molecule has 0 amide bonds. The standard InChI is InChI=1S/C14H21N/c1-9-4-10(2)14(11(3)5-9)8-12-6-13(15)7-12/h4-5,12-13H,6-8,15H2,1-3H3. The van der Waals surface area contributed by atoms with Crippen molar-refractivity contribution in [3.63, 3.8) is 0 Å². The molecule has 0 heterocycles. The highest BCUT2D eigenvalue weighted by Gasteiger charge is 2.26. The van der Waals surface area contributed by atoms with Crippen molar-refractivity contribution in [2.75, 3.05) is 0 Å². The van der Waals surface area contributed by atoms with Crippen LogP contribution in [0.1, 0.15) is 35.1 Å². The van der Waals surface area contributed by atoms with Gasteiger partial charge in [-0.15, -0.1) is 0 Å². The number of hydrogen-bond donors (Lipinski definition) is 1. The summed E-state index contributed by atoms with van der Waals surface area (Å²) in [5.41, 5.74) is 11.7. The molecule has 1 aromatic rings. The largest absolute Gasteiger partial charge is 0.328 e. The van der Waals surface area contributed by atoms with Crippen LogP contribution in [0, 0.1) is 26.7 Å². The molecule has 1 fully saturated rings. The maximum absolute atomic E-state index is 5.82. The van der Waals surface area contributed by atoms with Crippen molar-refractivity contribution >= 4 is 0 Å². The molecule has 1 aromatic carbocycles. The van der Waals surface area contributed by atoms with Gasteiger partial charge >= 0.3 is 0 Å². The van der Waals surface area contributed by atoms with Gasteiger partial charge in [0.05, 0.1) is 0 Å². The molecular weight excluding hydrogens is 182 g/mol. The van der Waals surface area contributed by atoms with Crippen LogP contribution in [0.3, 0.4) is 0 Å². The van der Waals surface area contributed by atoms with E-state index in [1.165, 1.54) is 36.0 Å². The minimum Gasteiger partial charge on any atom is -0.328 e. The lowest BCUT2D eigenvalue weighted by molar-refractivity contribution is 0.264. The molecule has 0 aliphatic heterocycles. The molecule has 1 nitrogen and oxygen atoms in total. The molecule has 0 unspecified atom stereocenters. The predicted octanol–water partition coefficient (Wildman–Crippen LogP) is 2.89. The lowest BCUT2D eigenvalue weighted by atomic mass is 9.76. The normalized spacial score (nSPS) is 25.1. The van der Waals surface area contributed by atoms with E-state index in [1.807, 2.05) is 0 Å². The first kappa shape index (κ1) is 10.7. The van der Waals surface area contributed by atoms with Crippen molar-refractivity contribution in [3.8, 4) is 0 Å². The average Bonchev–Trinajstić information content (AvgIpc) is 2.07. The van der Waals surface area contributed by atoms with Crippen molar-refractivity contribution in [1.82, 2.24) is 0 Å². The van der Waals surface area contributed by atoms with Gasteiger partial charge < -0.3 is 5.73 Å². The van der Waals surface area contributed by atoms with Crippen molar-refractivity contribution in [2.45, 2.75) is 46.1 Å². The quantitative estimate of drug-likeness (QED) is 0.786. The Bertz CT molecular complexity index is 339. The highest BCUT2D eigenvalue weighted by Crippen LogP contribution is 2.31. The Balaban J connectivity index is 2.14. The summed E-state index contributed by atoms with van der Waals surface area (Å²) >= 11 is 0. The molecule has 0 saturated heterocycles. The third-order valence-corrected chi connectivity index (χ3v) is 3.61. The third kappa shape index (κ3) is 2.23. The van der Waals surface area contributed by atoms with Crippen LogP contribution in [0.15, 0.2) is 12.1 Å². The Kier molecular flexibility index (Phi) is 2.83. The molecule has 1 heteroatoms. The van der Waals surface area contributed by atoms with E-state index >= 15 is 0 Å². The van der Waals surface area contributed by atoms with Crippen molar-refractivity contribution in [1.29, 1.82) is 0 Å². The van der Waals surface area contributed by atoms with Crippen LogP contribution in [0.5, 0.6) is 0 Å². The number of aryl methyl sites for hydroxylation is 3. The van der Waals surface area contributed by atoms with E-state index in [1.54, 1.807) is 5.56 Å². The SMILES string of the molecule is Cc1cc(C)c(CC2CC(N)C2)c(C)c1. The van der Waals surface area contributed by atoms with Gasteiger partial charge in [-0.1, -0.05) is 17.7 Å². The van der Waals surface area contributed by atoms with E-state index in [2.05, 4.69) is 32.9 Å². The zero-order valence-corrected chi connectivity index (χ0v) is 10.0. The van der Waals surface area contributed by atoms with Gasteiger partial charge in [0.2, 0.25) is 0 Å². The Morgan fingerprint density at radius 1 is 1.13 bits per heavy atom. The molecule has 1 saturated carbocycles. The third-order valence-electron chi connectivity index (χ3n) is 3.61. The van der Waals surface area contributed by atoms with Crippen molar-refractivity contribution in [2.24, 2.45) is 11.7 Å². The highest BCUT2D eigenvalue weighted by atomic mass is 14.7. The van der Waals surface area contributed by atoms with E-state index in [9.17, 15) is 0 Å². The molecular formula is C14H21N. The second-order valence-electron chi connectivity index (χ2n) is 5.18. The lowest BCUT2D eigenvalue weighted by Crippen LogP contribution is -2.37. The molecule has 2 N–H and O–H groups in total. The Labute approximate surface area is 92.7 Å². The summed E-state index contributed by atoms with van der Waals surface area (Å²) in [6, 6.07) is 5.06. The van der Waals surface area contributed by atoms with Crippen LogP contribution in [-0.4, -0.2) is 6.04 Å². The molecule has 1 aliphatic rings. The molecule has 0 spiro atoms. The van der Waals surface area contributed by atoms with Gasteiger partial charge in [-0.25, -0.2) is 0 Å². The fraction of sp³-hybridized carbons (Fsp3) is 0.571. The fourth-order valence-electron chi connectivity index (χ4n) is 2.77. The number of hydrogen-bond acceptors (Lipinski definition) is 1. The minimum absolute atomic E-state index is 0.473.